The summed E-state index contributed by atoms with van der Waals surface area (Å²) < 4.78 is 0. The average molecular weight is 412 g/mol. The zero-order valence-corrected chi connectivity index (χ0v) is 18.3. The monoisotopic (exact) mass is 411 g/mol. The number of hydrogen-bond acceptors (Lipinski definition) is 4. The lowest BCUT2D eigenvalue weighted by Crippen LogP contribution is -2.39. The molecule has 1 N–H and O–H groups in total. The van der Waals surface area contributed by atoms with Gasteiger partial charge in [0.05, 0.1) is 6.54 Å². The fourth-order valence-electron chi connectivity index (χ4n) is 3.71. The first kappa shape index (κ1) is 21.9. The van der Waals surface area contributed by atoms with Crippen molar-refractivity contribution in [1.29, 1.82) is 0 Å². The quantitative estimate of drug-likeness (QED) is 0.639. The number of carbonyl (C=O) groups excluding carboxylic acids is 1. The SMILES string of the molecule is CCSc1ccc(CN2CCCN(CC(=O)NCCc3ccccc3)CC2)cc1. The largest absolute Gasteiger partial charge is 0.355 e. The van der Waals surface area contributed by atoms with Crippen LogP contribution in [0.25, 0.3) is 0 Å². The predicted octanol–water partition coefficient (Wildman–Crippen LogP) is 3.67. The number of nitrogens with one attached hydrogen (secondary N) is 1. The van der Waals surface area contributed by atoms with Crippen molar-refractivity contribution in [3.05, 3.63) is 65.7 Å². The zero-order valence-electron chi connectivity index (χ0n) is 17.5. The van der Waals surface area contributed by atoms with Crippen molar-refractivity contribution < 1.29 is 4.79 Å². The molecule has 2 aromatic carbocycles. The lowest BCUT2D eigenvalue weighted by molar-refractivity contribution is -0.122. The Kier molecular flexibility index (Phi) is 9.06. The van der Waals surface area contributed by atoms with Crippen LogP contribution in [-0.4, -0.2) is 60.7 Å². The molecule has 1 aliphatic heterocycles. The van der Waals surface area contributed by atoms with Gasteiger partial charge in [-0.2, -0.15) is 0 Å². The van der Waals surface area contributed by atoms with Crippen LogP contribution in [0.4, 0.5) is 0 Å². The summed E-state index contributed by atoms with van der Waals surface area (Å²) in [4.78, 5) is 18.4. The van der Waals surface area contributed by atoms with Gasteiger partial charge in [0.2, 0.25) is 5.91 Å². The van der Waals surface area contributed by atoms with Crippen LogP contribution in [0.2, 0.25) is 0 Å². The van der Waals surface area contributed by atoms with Crippen LogP contribution in [0.15, 0.2) is 59.5 Å². The van der Waals surface area contributed by atoms with Crippen molar-refractivity contribution >= 4 is 17.7 Å². The maximum absolute atomic E-state index is 12.3. The molecule has 1 amide bonds. The molecular formula is C24H33N3OS. The summed E-state index contributed by atoms with van der Waals surface area (Å²) in [6, 6.07) is 19.3. The number of carbonyl (C=O) groups is 1. The molecule has 0 bridgehead atoms. The van der Waals surface area contributed by atoms with Gasteiger partial charge < -0.3 is 5.32 Å². The molecule has 3 rings (SSSR count). The van der Waals surface area contributed by atoms with Gasteiger partial charge in [-0.1, -0.05) is 49.4 Å². The topological polar surface area (TPSA) is 35.6 Å². The fraction of sp³-hybridized carbons (Fsp3) is 0.458. The van der Waals surface area contributed by atoms with Gasteiger partial charge in [0.25, 0.3) is 0 Å². The molecule has 0 spiro atoms. The van der Waals surface area contributed by atoms with Gasteiger partial charge in [0.1, 0.15) is 0 Å². The number of nitrogens with zero attached hydrogens (tertiary/aromatic N) is 2. The summed E-state index contributed by atoms with van der Waals surface area (Å²) >= 11 is 1.89. The Bertz CT molecular complexity index is 736. The number of amides is 1. The smallest absolute Gasteiger partial charge is 0.234 e. The molecule has 2 aromatic rings. The van der Waals surface area contributed by atoms with E-state index in [1.54, 1.807) is 0 Å². The first-order valence-electron chi connectivity index (χ1n) is 10.7. The van der Waals surface area contributed by atoms with Gasteiger partial charge in [-0.3, -0.25) is 14.6 Å². The van der Waals surface area contributed by atoms with Crippen LogP contribution in [0.5, 0.6) is 0 Å². The van der Waals surface area contributed by atoms with Gasteiger partial charge in [-0.25, -0.2) is 0 Å². The highest BCUT2D eigenvalue weighted by molar-refractivity contribution is 7.99. The van der Waals surface area contributed by atoms with Crippen LogP contribution in [0.3, 0.4) is 0 Å². The fourth-order valence-corrected chi connectivity index (χ4v) is 4.37. The summed E-state index contributed by atoms with van der Waals surface area (Å²) in [6.07, 6.45) is 2.00. The van der Waals surface area contributed by atoms with E-state index in [4.69, 9.17) is 0 Å². The van der Waals surface area contributed by atoms with Gasteiger partial charge in [-0.05, 0) is 54.9 Å². The van der Waals surface area contributed by atoms with E-state index in [0.29, 0.717) is 13.1 Å². The third-order valence-electron chi connectivity index (χ3n) is 5.27. The van der Waals surface area contributed by atoms with Crippen LogP contribution in [-0.2, 0) is 17.8 Å². The third kappa shape index (κ3) is 7.84. The Morgan fingerprint density at radius 1 is 0.931 bits per heavy atom. The van der Waals surface area contributed by atoms with E-state index in [2.05, 4.69) is 58.4 Å². The van der Waals surface area contributed by atoms with E-state index >= 15 is 0 Å². The highest BCUT2D eigenvalue weighted by Crippen LogP contribution is 2.18. The summed E-state index contributed by atoms with van der Waals surface area (Å²) in [5, 5.41) is 3.07. The first-order chi connectivity index (χ1) is 14.2. The second-order valence-electron chi connectivity index (χ2n) is 7.57. The maximum Gasteiger partial charge on any atom is 0.234 e. The summed E-state index contributed by atoms with van der Waals surface area (Å²) in [6.45, 7) is 8.45. The Hall–Kier alpha value is -1.82. The Morgan fingerprint density at radius 2 is 1.66 bits per heavy atom. The molecule has 0 unspecified atom stereocenters. The van der Waals surface area contributed by atoms with Crippen LogP contribution in [0, 0.1) is 0 Å². The van der Waals surface area contributed by atoms with Gasteiger partial charge >= 0.3 is 0 Å². The Labute approximate surface area is 179 Å². The molecule has 1 aliphatic rings. The summed E-state index contributed by atoms with van der Waals surface area (Å²) in [5.74, 6) is 1.25. The van der Waals surface area contributed by atoms with Crippen molar-refractivity contribution in [3.8, 4) is 0 Å². The molecular weight excluding hydrogens is 378 g/mol. The van der Waals surface area contributed by atoms with Crippen molar-refractivity contribution in [3.63, 3.8) is 0 Å². The second kappa shape index (κ2) is 12.0. The van der Waals surface area contributed by atoms with Gasteiger partial charge in [-0.15, -0.1) is 11.8 Å². The molecule has 1 fully saturated rings. The summed E-state index contributed by atoms with van der Waals surface area (Å²) in [7, 11) is 0. The minimum absolute atomic E-state index is 0.137. The Morgan fingerprint density at radius 3 is 2.41 bits per heavy atom. The van der Waals surface area contributed by atoms with E-state index < -0.39 is 0 Å². The highest BCUT2D eigenvalue weighted by Gasteiger charge is 2.17. The van der Waals surface area contributed by atoms with Crippen molar-refractivity contribution in [2.45, 2.75) is 31.2 Å². The normalized spacial score (nSPS) is 15.8. The molecule has 156 valence electrons. The van der Waals surface area contributed by atoms with E-state index in [1.807, 2.05) is 30.0 Å². The van der Waals surface area contributed by atoms with Crippen molar-refractivity contribution in [1.82, 2.24) is 15.1 Å². The third-order valence-corrected chi connectivity index (χ3v) is 6.16. The van der Waals surface area contributed by atoms with Crippen LogP contribution < -0.4 is 5.32 Å². The number of benzene rings is 2. The molecule has 5 heteroatoms. The van der Waals surface area contributed by atoms with Crippen molar-refractivity contribution in [2.75, 3.05) is 45.0 Å². The predicted molar refractivity (Wildman–Crippen MR) is 122 cm³/mol. The molecule has 29 heavy (non-hydrogen) atoms. The summed E-state index contributed by atoms with van der Waals surface area (Å²) in [5.41, 5.74) is 2.64. The number of thioether (sulfide) groups is 1. The molecule has 1 heterocycles. The van der Waals surface area contributed by atoms with E-state index in [-0.39, 0.29) is 5.91 Å². The molecule has 0 atom stereocenters. The van der Waals surface area contributed by atoms with E-state index in [0.717, 1.165) is 51.3 Å². The number of hydrogen-bond donors (Lipinski definition) is 1. The average Bonchev–Trinajstić information content (AvgIpc) is 2.95. The van der Waals surface area contributed by atoms with Crippen molar-refractivity contribution in [2.24, 2.45) is 0 Å². The molecule has 0 aliphatic carbocycles. The minimum atomic E-state index is 0.137. The number of rotatable bonds is 9. The molecule has 4 nitrogen and oxygen atoms in total. The Balaban J connectivity index is 1.37. The molecule has 1 saturated heterocycles. The lowest BCUT2D eigenvalue weighted by Gasteiger charge is -2.21. The van der Waals surface area contributed by atoms with Gasteiger partial charge in [0, 0.05) is 31.1 Å². The molecule has 0 saturated carbocycles. The van der Waals surface area contributed by atoms with E-state index in [1.165, 1.54) is 16.0 Å². The minimum Gasteiger partial charge on any atom is -0.355 e. The lowest BCUT2D eigenvalue weighted by atomic mass is 10.1. The van der Waals surface area contributed by atoms with Crippen LogP contribution in [0.1, 0.15) is 24.5 Å². The van der Waals surface area contributed by atoms with Gasteiger partial charge in [0.15, 0.2) is 0 Å². The molecule has 0 aromatic heterocycles. The highest BCUT2D eigenvalue weighted by atomic mass is 32.2. The standard InChI is InChI=1S/C24H33N3OS/c1-2-29-23-11-9-22(10-12-23)19-26-15-6-16-27(18-17-26)20-24(28)25-14-13-21-7-4-3-5-8-21/h3-5,7-12H,2,6,13-20H2,1H3,(H,25,28). The van der Waals surface area contributed by atoms with E-state index in [9.17, 15) is 4.79 Å². The van der Waals surface area contributed by atoms with Crippen LogP contribution >= 0.6 is 11.8 Å². The first-order valence-corrected chi connectivity index (χ1v) is 11.7. The zero-order chi connectivity index (χ0) is 20.3. The second-order valence-corrected chi connectivity index (χ2v) is 8.91. The molecule has 0 radical (unpaired) electrons. The maximum atomic E-state index is 12.3.